The van der Waals surface area contributed by atoms with Crippen molar-refractivity contribution >= 4 is 17.0 Å². The van der Waals surface area contributed by atoms with Gasteiger partial charge in [0.1, 0.15) is 11.9 Å². The summed E-state index contributed by atoms with van der Waals surface area (Å²) in [5.74, 6) is 0.134. The minimum absolute atomic E-state index is 0.127. The summed E-state index contributed by atoms with van der Waals surface area (Å²) in [4.78, 5) is 34.0. The molecule has 8 nitrogen and oxygen atoms in total. The van der Waals surface area contributed by atoms with Gasteiger partial charge in [0, 0.05) is 31.0 Å². The van der Waals surface area contributed by atoms with Crippen LogP contribution in [-0.2, 0) is 11.8 Å². The van der Waals surface area contributed by atoms with Crippen molar-refractivity contribution in [2.24, 2.45) is 7.05 Å². The number of hydrogen-bond acceptors (Lipinski definition) is 5. The summed E-state index contributed by atoms with van der Waals surface area (Å²) in [6.45, 7) is 3.27. The van der Waals surface area contributed by atoms with Crippen molar-refractivity contribution in [3.8, 4) is 0 Å². The SMILES string of the molecule is Cc1cnc(C2COCCN2C(=O)c2ccc3oc(=O)n(C)c3c2)[nH]1. The third-order valence-corrected chi connectivity index (χ3v) is 4.47. The van der Waals surface area contributed by atoms with Gasteiger partial charge in [0.2, 0.25) is 0 Å². The monoisotopic (exact) mass is 342 g/mol. The first-order chi connectivity index (χ1) is 12.0. The minimum Gasteiger partial charge on any atom is -0.408 e. The molecule has 130 valence electrons. The van der Waals surface area contributed by atoms with E-state index in [9.17, 15) is 9.59 Å². The Balaban J connectivity index is 1.70. The largest absolute Gasteiger partial charge is 0.419 e. The molecule has 3 heterocycles. The molecular weight excluding hydrogens is 324 g/mol. The highest BCUT2D eigenvalue weighted by molar-refractivity contribution is 5.97. The van der Waals surface area contributed by atoms with Crippen molar-refractivity contribution in [3.05, 3.63) is 52.0 Å². The molecule has 25 heavy (non-hydrogen) atoms. The van der Waals surface area contributed by atoms with Gasteiger partial charge in [0.05, 0.1) is 18.7 Å². The zero-order chi connectivity index (χ0) is 17.6. The van der Waals surface area contributed by atoms with Crippen LogP contribution in [-0.4, -0.2) is 45.1 Å². The summed E-state index contributed by atoms with van der Waals surface area (Å²) in [7, 11) is 1.62. The molecule has 1 fully saturated rings. The summed E-state index contributed by atoms with van der Waals surface area (Å²) >= 11 is 0. The van der Waals surface area contributed by atoms with Gasteiger partial charge in [-0.15, -0.1) is 0 Å². The molecule has 4 rings (SSSR count). The topological polar surface area (TPSA) is 93.4 Å². The smallest absolute Gasteiger partial charge is 0.408 e. The number of morpholine rings is 1. The highest BCUT2D eigenvalue weighted by atomic mass is 16.5. The number of hydrogen-bond donors (Lipinski definition) is 1. The van der Waals surface area contributed by atoms with Crippen LogP contribution in [0.15, 0.2) is 33.6 Å². The Labute approximate surface area is 143 Å². The number of carbonyl (C=O) groups is 1. The van der Waals surface area contributed by atoms with Gasteiger partial charge in [-0.05, 0) is 25.1 Å². The lowest BCUT2D eigenvalue weighted by Crippen LogP contribution is -2.43. The lowest BCUT2D eigenvalue weighted by atomic mass is 10.1. The molecule has 0 radical (unpaired) electrons. The molecular formula is C17H18N4O4. The van der Waals surface area contributed by atoms with E-state index in [4.69, 9.17) is 9.15 Å². The molecule has 1 atom stereocenters. The summed E-state index contributed by atoms with van der Waals surface area (Å²) in [6, 6.07) is 4.74. The lowest BCUT2D eigenvalue weighted by molar-refractivity contribution is -0.00500. The van der Waals surface area contributed by atoms with E-state index >= 15 is 0 Å². The number of aromatic nitrogens is 3. The van der Waals surface area contributed by atoms with Crippen molar-refractivity contribution < 1.29 is 13.9 Å². The van der Waals surface area contributed by atoms with E-state index < -0.39 is 5.76 Å². The number of nitrogens with one attached hydrogen (secondary N) is 1. The Morgan fingerprint density at radius 1 is 1.40 bits per heavy atom. The van der Waals surface area contributed by atoms with Gasteiger partial charge in [-0.2, -0.15) is 0 Å². The first-order valence-electron chi connectivity index (χ1n) is 8.04. The molecule has 8 heteroatoms. The second kappa shape index (κ2) is 5.89. The Morgan fingerprint density at radius 2 is 2.24 bits per heavy atom. The van der Waals surface area contributed by atoms with Crippen molar-refractivity contribution in [3.63, 3.8) is 0 Å². The van der Waals surface area contributed by atoms with E-state index in [2.05, 4.69) is 9.97 Å². The molecule has 1 amide bonds. The van der Waals surface area contributed by atoms with E-state index in [0.717, 1.165) is 5.69 Å². The van der Waals surface area contributed by atoms with Gasteiger partial charge in [0.15, 0.2) is 5.58 Å². The van der Waals surface area contributed by atoms with Crippen LogP contribution in [0.3, 0.4) is 0 Å². The Bertz CT molecular complexity index is 1000. The first kappa shape index (κ1) is 15.6. The highest BCUT2D eigenvalue weighted by Gasteiger charge is 2.31. The Kier molecular flexibility index (Phi) is 3.69. The van der Waals surface area contributed by atoms with Gasteiger partial charge in [-0.1, -0.05) is 0 Å². The molecule has 0 bridgehead atoms. The van der Waals surface area contributed by atoms with Gasteiger partial charge in [-0.25, -0.2) is 9.78 Å². The Morgan fingerprint density at radius 3 is 3.00 bits per heavy atom. The van der Waals surface area contributed by atoms with Crippen LogP contribution >= 0.6 is 0 Å². The average molecular weight is 342 g/mol. The number of rotatable bonds is 2. The van der Waals surface area contributed by atoms with E-state index in [-0.39, 0.29) is 11.9 Å². The van der Waals surface area contributed by atoms with E-state index in [1.54, 1.807) is 36.3 Å². The predicted molar refractivity (Wildman–Crippen MR) is 89.4 cm³/mol. The molecule has 1 aliphatic rings. The van der Waals surface area contributed by atoms with E-state index in [1.807, 2.05) is 6.92 Å². The number of carbonyl (C=O) groups excluding carboxylic acids is 1. The normalized spacial score (nSPS) is 18.0. The second-order valence-electron chi connectivity index (χ2n) is 6.15. The lowest BCUT2D eigenvalue weighted by Gasteiger charge is -2.34. The number of ether oxygens (including phenoxy) is 1. The summed E-state index contributed by atoms with van der Waals surface area (Å²) in [5.41, 5.74) is 2.49. The first-order valence-corrected chi connectivity index (χ1v) is 8.04. The molecule has 0 saturated carbocycles. The van der Waals surface area contributed by atoms with Gasteiger partial charge < -0.3 is 19.0 Å². The highest BCUT2D eigenvalue weighted by Crippen LogP contribution is 2.25. The number of nitrogens with zero attached hydrogens (tertiary/aromatic N) is 3. The van der Waals surface area contributed by atoms with Crippen molar-refractivity contribution in [2.75, 3.05) is 19.8 Å². The maximum absolute atomic E-state index is 13.1. The molecule has 1 N–H and O–H groups in total. The summed E-state index contributed by atoms with van der Waals surface area (Å²) in [5, 5.41) is 0. The number of oxazole rings is 1. The number of fused-ring (bicyclic) bond motifs is 1. The maximum Gasteiger partial charge on any atom is 0.419 e. The fourth-order valence-electron chi connectivity index (χ4n) is 3.10. The fourth-order valence-corrected chi connectivity index (χ4v) is 3.10. The predicted octanol–water partition coefficient (Wildman–Crippen LogP) is 1.38. The molecule has 0 aliphatic carbocycles. The molecule has 1 unspecified atom stereocenters. The van der Waals surface area contributed by atoms with Crippen molar-refractivity contribution in [1.82, 2.24) is 19.4 Å². The molecule has 3 aromatic rings. The number of aryl methyl sites for hydroxylation is 2. The number of amides is 1. The molecule has 2 aromatic heterocycles. The summed E-state index contributed by atoms with van der Waals surface area (Å²) in [6.07, 6.45) is 1.74. The van der Waals surface area contributed by atoms with Gasteiger partial charge in [0.25, 0.3) is 5.91 Å². The third kappa shape index (κ3) is 2.64. The number of aromatic amines is 1. The van der Waals surface area contributed by atoms with Crippen LogP contribution < -0.4 is 5.76 Å². The van der Waals surface area contributed by atoms with Crippen LogP contribution in [0.1, 0.15) is 27.9 Å². The van der Waals surface area contributed by atoms with Crippen LogP contribution in [0.4, 0.5) is 0 Å². The van der Waals surface area contributed by atoms with Crippen LogP contribution in [0.2, 0.25) is 0 Å². The molecule has 0 spiro atoms. The minimum atomic E-state index is -0.449. The van der Waals surface area contributed by atoms with Gasteiger partial charge in [-0.3, -0.25) is 9.36 Å². The van der Waals surface area contributed by atoms with Crippen LogP contribution in [0.5, 0.6) is 0 Å². The zero-order valence-corrected chi connectivity index (χ0v) is 14.0. The molecule has 1 aromatic carbocycles. The maximum atomic E-state index is 13.1. The van der Waals surface area contributed by atoms with Crippen molar-refractivity contribution in [2.45, 2.75) is 13.0 Å². The van der Waals surface area contributed by atoms with Crippen LogP contribution in [0, 0.1) is 6.92 Å². The fraction of sp³-hybridized carbons (Fsp3) is 0.353. The quantitative estimate of drug-likeness (QED) is 0.759. The van der Waals surface area contributed by atoms with E-state index in [1.165, 1.54) is 4.57 Å². The zero-order valence-electron chi connectivity index (χ0n) is 14.0. The Hall–Kier alpha value is -2.87. The number of imidazole rings is 1. The summed E-state index contributed by atoms with van der Waals surface area (Å²) < 4.78 is 12.0. The second-order valence-corrected chi connectivity index (χ2v) is 6.15. The van der Waals surface area contributed by atoms with Crippen molar-refractivity contribution in [1.29, 1.82) is 0 Å². The average Bonchev–Trinajstić information content (AvgIpc) is 3.18. The van der Waals surface area contributed by atoms with E-state index in [0.29, 0.717) is 42.2 Å². The number of benzene rings is 1. The van der Waals surface area contributed by atoms with Crippen LogP contribution in [0.25, 0.3) is 11.1 Å². The molecule has 1 aliphatic heterocycles. The van der Waals surface area contributed by atoms with Gasteiger partial charge >= 0.3 is 5.76 Å². The molecule has 1 saturated heterocycles. The standard InChI is InChI=1S/C17H18N4O4/c1-10-8-18-15(19-10)13-9-24-6-5-21(13)16(22)11-3-4-14-12(7-11)20(2)17(23)25-14/h3-4,7-8,13H,5-6,9H2,1-2H3,(H,18,19). The number of H-pyrrole nitrogens is 1. The third-order valence-electron chi connectivity index (χ3n) is 4.47.